The lowest BCUT2D eigenvalue weighted by Crippen LogP contribution is -2.08. The van der Waals surface area contributed by atoms with Crippen molar-refractivity contribution in [1.29, 1.82) is 5.26 Å². The molecule has 0 unspecified atom stereocenters. The maximum Gasteiger partial charge on any atom is 0.165 e. The molecule has 0 atom stereocenters. The smallest absolute Gasteiger partial charge is 0.165 e. The molecule has 1 fully saturated rings. The monoisotopic (exact) mass is 329 g/mol. The summed E-state index contributed by atoms with van der Waals surface area (Å²) in [4.78, 5) is 13.2. The highest BCUT2D eigenvalue weighted by molar-refractivity contribution is 5.91. The molecule has 124 valence electrons. The van der Waals surface area contributed by atoms with Crippen LogP contribution < -0.4 is 5.73 Å². The second-order valence-electron chi connectivity index (χ2n) is 6.58. The van der Waals surface area contributed by atoms with E-state index in [1.54, 1.807) is 6.07 Å². The lowest BCUT2D eigenvalue weighted by atomic mass is 9.82. The van der Waals surface area contributed by atoms with E-state index in [9.17, 15) is 0 Å². The van der Waals surface area contributed by atoms with Crippen molar-refractivity contribution in [2.75, 3.05) is 5.73 Å². The van der Waals surface area contributed by atoms with E-state index in [0.717, 1.165) is 29.5 Å². The van der Waals surface area contributed by atoms with Crippen molar-refractivity contribution in [3.8, 4) is 17.3 Å². The van der Waals surface area contributed by atoms with Gasteiger partial charge in [-0.2, -0.15) is 5.26 Å². The maximum atomic E-state index is 9.17. The van der Waals surface area contributed by atoms with E-state index < -0.39 is 0 Å². The summed E-state index contributed by atoms with van der Waals surface area (Å²) in [6, 6.07) is 11.8. The zero-order valence-electron chi connectivity index (χ0n) is 13.9. The molecule has 0 bridgehead atoms. The number of anilines is 1. The molecule has 0 spiro atoms. The van der Waals surface area contributed by atoms with Crippen molar-refractivity contribution in [3.63, 3.8) is 0 Å². The molecule has 0 radical (unpaired) electrons. The summed E-state index contributed by atoms with van der Waals surface area (Å²) >= 11 is 0. The highest BCUT2D eigenvalue weighted by atomic mass is 15.0. The van der Waals surface area contributed by atoms with Crippen LogP contribution in [0.15, 0.2) is 36.7 Å². The molecule has 2 N–H and O–H groups in total. The van der Waals surface area contributed by atoms with Gasteiger partial charge in [0, 0.05) is 5.56 Å². The normalized spacial score (nSPS) is 15.2. The Hall–Kier alpha value is -3.00. The number of aromatic nitrogens is 3. The molecule has 1 saturated carbocycles. The molecule has 0 amide bonds. The molecule has 1 aromatic carbocycles. The third kappa shape index (κ3) is 2.91. The van der Waals surface area contributed by atoms with E-state index in [4.69, 9.17) is 16.0 Å². The van der Waals surface area contributed by atoms with Crippen molar-refractivity contribution in [2.24, 2.45) is 0 Å². The van der Waals surface area contributed by atoms with Gasteiger partial charge in [-0.05, 0) is 42.5 Å². The minimum absolute atomic E-state index is 0.463. The van der Waals surface area contributed by atoms with Gasteiger partial charge in [-0.25, -0.2) is 15.0 Å². The lowest BCUT2D eigenvalue weighted by molar-refractivity contribution is 0.445. The van der Waals surface area contributed by atoms with Crippen LogP contribution in [0.2, 0.25) is 0 Å². The predicted octanol–water partition coefficient (Wildman–Crippen LogP) is 4.19. The van der Waals surface area contributed by atoms with Crippen LogP contribution >= 0.6 is 0 Å². The number of nitrogen functional groups attached to an aromatic ring is 1. The van der Waals surface area contributed by atoms with E-state index in [2.05, 4.69) is 22.1 Å². The van der Waals surface area contributed by atoms with Gasteiger partial charge in [0.15, 0.2) is 5.65 Å². The van der Waals surface area contributed by atoms with E-state index in [-0.39, 0.29) is 0 Å². The van der Waals surface area contributed by atoms with Crippen molar-refractivity contribution in [1.82, 2.24) is 15.0 Å². The van der Waals surface area contributed by atoms with Gasteiger partial charge in [0.2, 0.25) is 0 Å². The summed E-state index contributed by atoms with van der Waals surface area (Å²) in [5.74, 6) is 0.959. The Morgan fingerprint density at radius 3 is 2.72 bits per heavy atom. The van der Waals surface area contributed by atoms with Crippen LogP contribution in [0.3, 0.4) is 0 Å². The van der Waals surface area contributed by atoms with Gasteiger partial charge in [0.25, 0.3) is 0 Å². The van der Waals surface area contributed by atoms with Gasteiger partial charge in [-0.15, -0.1) is 0 Å². The van der Waals surface area contributed by atoms with Crippen LogP contribution in [0.5, 0.6) is 0 Å². The molecule has 25 heavy (non-hydrogen) atoms. The van der Waals surface area contributed by atoms with E-state index in [1.165, 1.54) is 31.2 Å². The molecule has 2 heterocycles. The minimum atomic E-state index is 0.463. The second-order valence-corrected chi connectivity index (χ2v) is 6.58. The van der Waals surface area contributed by atoms with Crippen molar-refractivity contribution >= 4 is 16.9 Å². The summed E-state index contributed by atoms with van der Waals surface area (Å²) in [6.07, 6.45) is 7.55. The largest absolute Gasteiger partial charge is 0.383 e. The summed E-state index contributed by atoms with van der Waals surface area (Å²) < 4.78 is 0. The third-order valence-corrected chi connectivity index (χ3v) is 5.00. The average Bonchev–Trinajstić information content (AvgIpc) is 2.68. The zero-order chi connectivity index (χ0) is 17.2. The van der Waals surface area contributed by atoms with Crippen molar-refractivity contribution in [2.45, 2.75) is 38.0 Å². The fourth-order valence-corrected chi connectivity index (χ4v) is 3.75. The lowest BCUT2D eigenvalue weighted by Gasteiger charge is -2.24. The number of hydrogen-bond donors (Lipinski definition) is 1. The number of nitrogens with two attached hydrogens (primary N) is 1. The molecule has 5 heteroatoms. The summed E-state index contributed by atoms with van der Waals surface area (Å²) in [7, 11) is 0. The Bertz CT molecular complexity index is 967. The topological polar surface area (TPSA) is 88.5 Å². The van der Waals surface area contributed by atoms with Crippen LogP contribution in [0.25, 0.3) is 22.3 Å². The standard InChI is InChI=1S/C20H19N5/c21-11-13-5-4-8-15(9-13)17-10-16(14-6-2-1-3-7-14)18-19(22)23-12-24-20(18)25-17/h4-5,8-10,12,14H,1-3,6-7H2,(H2,22,23,24,25). The summed E-state index contributed by atoms with van der Waals surface area (Å²) in [6.45, 7) is 0. The van der Waals surface area contributed by atoms with E-state index in [1.807, 2.05) is 18.2 Å². The number of benzene rings is 1. The van der Waals surface area contributed by atoms with Gasteiger partial charge in [-0.3, -0.25) is 0 Å². The van der Waals surface area contributed by atoms with Gasteiger partial charge in [0.1, 0.15) is 12.1 Å². The average molecular weight is 329 g/mol. The van der Waals surface area contributed by atoms with Crippen LogP contribution in [0, 0.1) is 11.3 Å². The highest BCUT2D eigenvalue weighted by Gasteiger charge is 2.21. The number of nitriles is 1. The molecule has 1 aliphatic carbocycles. The van der Waals surface area contributed by atoms with Crippen LogP contribution in [-0.4, -0.2) is 15.0 Å². The molecular weight excluding hydrogens is 310 g/mol. The van der Waals surface area contributed by atoms with Crippen LogP contribution in [-0.2, 0) is 0 Å². The Morgan fingerprint density at radius 1 is 1.08 bits per heavy atom. The summed E-state index contributed by atoms with van der Waals surface area (Å²) in [5.41, 5.74) is 10.4. The van der Waals surface area contributed by atoms with Gasteiger partial charge < -0.3 is 5.73 Å². The van der Waals surface area contributed by atoms with Gasteiger partial charge in [-0.1, -0.05) is 31.4 Å². The van der Waals surface area contributed by atoms with Crippen molar-refractivity contribution in [3.05, 3.63) is 47.8 Å². The molecular formula is C20H19N5. The molecule has 1 aliphatic rings. The van der Waals surface area contributed by atoms with E-state index >= 15 is 0 Å². The molecule has 2 aromatic heterocycles. The van der Waals surface area contributed by atoms with E-state index in [0.29, 0.717) is 22.9 Å². The van der Waals surface area contributed by atoms with Crippen LogP contribution in [0.1, 0.15) is 49.1 Å². The Kier molecular flexibility index (Phi) is 4.02. The number of rotatable bonds is 2. The van der Waals surface area contributed by atoms with Crippen molar-refractivity contribution < 1.29 is 0 Å². The highest BCUT2D eigenvalue weighted by Crippen LogP contribution is 2.38. The van der Waals surface area contributed by atoms with Gasteiger partial charge >= 0.3 is 0 Å². The Labute approximate surface area is 146 Å². The quantitative estimate of drug-likeness (QED) is 0.761. The molecule has 0 aliphatic heterocycles. The fraction of sp³-hybridized carbons (Fsp3) is 0.300. The number of hydrogen-bond acceptors (Lipinski definition) is 5. The number of nitrogens with zero attached hydrogens (tertiary/aromatic N) is 4. The second kappa shape index (κ2) is 6.48. The summed E-state index contributed by atoms with van der Waals surface area (Å²) in [5, 5.41) is 10.1. The Morgan fingerprint density at radius 2 is 1.92 bits per heavy atom. The first kappa shape index (κ1) is 15.5. The Balaban J connectivity index is 1.93. The molecule has 3 aromatic rings. The van der Waals surface area contributed by atoms with Crippen LogP contribution in [0.4, 0.5) is 5.82 Å². The van der Waals surface area contributed by atoms with Gasteiger partial charge in [0.05, 0.1) is 22.7 Å². The predicted molar refractivity (Wildman–Crippen MR) is 97.7 cm³/mol. The first-order valence-electron chi connectivity index (χ1n) is 8.68. The SMILES string of the molecule is N#Cc1cccc(-c2cc(C3CCCCC3)c3c(N)ncnc3n2)c1. The molecule has 5 nitrogen and oxygen atoms in total. The first-order chi connectivity index (χ1) is 12.3. The minimum Gasteiger partial charge on any atom is -0.383 e. The fourth-order valence-electron chi connectivity index (χ4n) is 3.75. The third-order valence-electron chi connectivity index (χ3n) is 5.00. The number of fused-ring (bicyclic) bond motifs is 1. The first-order valence-corrected chi connectivity index (χ1v) is 8.68. The zero-order valence-corrected chi connectivity index (χ0v) is 13.9. The maximum absolute atomic E-state index is 9.17. The number of pyridine rings is 1. The molecule has 0 saturated heterocycles. The molecule has 4 rings (SSSR count).